The molecule has 0 heterocycles. The van der Waals surface area contributed by atoms with Crippen molar-refractivity contribution in [2.24, 2.45) is 0 Å². The Morgan fingerprint density at radius 2 is 1.94 bits per heavy atom. The van der Waals surface area contributed by atoms with Gasteiger partial charge in [-0.1, -0.05) is 6.08 Å². The highest BCUT2D eigenvalue weighted by Crippen LogP contribution is 2.38. The molecular formula is C9H8N2O5. The van der Waals surface area contributed by atoms with Gasteiger partial charge < -0.3 is 5.11 Å². The van der Waals surface area contributed by atoms with E-state index < -0.39 is 27.0 Å². The second-order valence-corrected chi connectivity index (χ2v) is 2.95. The summed E-state index contributed by atoms with van der Waals surface area (Å²) in [6.45, 7) is 3.41. The van der Waals surface area contributed by atoms with Gasteiger partial charge in [-0.25, -0.2) is 0 Å². The molecule has 0 bridgehead atoms. The lowest BCUT2D eigenvalue weighted by atomic mass is 10.1. The molecule has 0 amide bonds. The fourth-order valence-electron chi connectivity index (χ4n) is 1.26. The highest BCUT2D eigenvalue weighted by Gasteiger charge is 2.30. The van der Waals surface area contributed by atoms with Crippen LogP contribution >= 0.6 is 0 Å². The van der Waals surface area contributed by atoms with Crippen LogP contribution in [0.3, 0.4) is 0 Å². The zero-order valence-electron chi connectivity index (χ0n) is 8.12. The zero-order chi connectivity index (χ0) is 12.3. The van der Waals surface area contributed by atoms with Gasteiger partial charge >= 0.3 is 11.4 Å². The standard InChI is InChI=1S/C9H8N2O5/c1-2-3-6-4-5-7(10(13)14)8(9(6)12)11(15)16/h2,4-5,12H,1,3H2. The van der Waals surface area contributed by atoms with Gasteiger partial charge in [-0.15, -0.1) is 6.58 Å². The molecule has 0 aliphatic carbocycles. The van der Waals surface area contributed by atoms with Crippen molar-refractivity contribution in [1.29, 1.82) is 0 Å². The van der Waals surface area contributed by atoms with E-state index in [2.05, 4.69) is 6.58 Å². The summed E-state index contributed by atoms with van der Waals surface area (Å²) in [5.74, 6) is -0.681. The molecule has 0 atom stereocenters. The van der Waals surface area contributed by atoms with Crippen LogP contribution in [-0.2, 0) is 6.42 Å². The molecule has 0 saturated carbocycles. The predicted molar refractivity (Wildman–Crippen MR) is 55.3 cm³/mol. The van der Waals surface area contributed by atoms with Gasteiger partial charge in [-0.05, 0) is 12.5 Å². The largest absolute Gasteiger partial charge is 0.502 e. The Hall–Kier alpha value is -2.44. The number of allylic oxidation sites excluding steroid dienone is 1. The normalized spacial score (nSPS) is 9.75. The molecule has 0 aliphatic rings. The Morgan fingerprint density at radius 3 is 2.38 bits per heavy atom. The summed E-state index contributed by atoms with van der Waals surface area (Å²) in [5.41, 5.74) is -1.38. The molecule has 1 rings (SSSR count). The van der Waals surface area contributed by atoms with Crippen LogP contribution in [0.1, 0.15) is 5.56 Å². The lowest BCUT2D eigenvalue weighted by Crippen LogP contribution is -1.98. The molecule has 0 unspecified atom stereocenters. The Labute approximate surface area is 89.9 Å². The second-order valence-electron chi connectivity index (χ2n) is 2.95. The van der Waals surface area contributed by atoms with Gasteiger partial charge in [0.1, 0.15) is 0 Å². The van der Waals surface area contributed by atoms with E-state index in [0.29, 0.717) is 0 Å². The number of phenols is 1. The van der Waals surface area contributed by atoms with Gasteiger partial charge in [0.05, 0.1) is 9.85 Å². The average molecular weight is 224 g/mol. The van der Waals surface area contributed by atoms with Crippen LogP contribution in [0.25, 0.3) is 0 Å². The Kier molecular flexibility index (Phi) is 3.19. The topological polar surface area (TPSA) is 107 Å². The fourth-order valence-corrected chi connectivity index (χ4v) is 1.26. The minimum atomic E-state index is -0.972. The van der Waals surface area contributed by atoms with E-state index >= 15 is 0 Å². The number of aromatic hydroxyl groups is 1. The molecule has 1 N–H and O–H groups in total. The van der Waals surface area contributed by atoms with E-state index in [1.807, 2.05) is 0 Å². The van der Waals surface area contributed by atoms with Gasteiger partial charge in [-0.3, -0.25) is 20.2 Å². The fraction of sp³-hybridized carbons (Fsp3) is 0.111. The van der Waals surface area contributed by atoms with Gasteiger partial charge in [0, 0.05) is 11.6 Å². The maximum absolute atomic E-state index is 10.6. The van der Waals surface area contributed by atoms with Crippen LogP contribution in [-0.4, -0.2) is 15.0 Å². The van der Waals surface area contributed by atoms with E-state index in [4.69, 9.17) is 0 Å². The minimum absolute atomic E-state index is 0.199. The van der Waals surface area contributed by atoms with Crippen LogP contribution in [0.4, 0.5) is 11.4 Å². The first kappa shape index (κ1) is 11.6. The Bertz CT molecular complexity index is 469. The van der Waals surface area contributed by atoms with Crippen molar-refractivity contribution in [3.63, 3.8) is 0 Å². The maximum atomic E-state index is 10.6. The highest BCUT2D eigenvalue weighted by atomic mass is 16.6. The molecule has 0 saturated heterocycles. The summed E-state index contributed by atoms with van der Waals surface area (Å²) in [6.07, 6.45) is 1.63. The Morgan fingerprint density at radius 1 is 1.31 bits per heavy atom. The van der Waals surface area contributed by atoms with Gasteiger partial charge in [-0.2, -0.15) is 0 Å². The van der Waals surface area contributed by atoms with Gasteiger partial charge in [0.2, 0.25) is 5.75 Å². The lowest BCUT2D eigenvalue weighted by Gasteiger charge is -2.02. The van der Waals surface area contributed by atoms with Crippen molar-refractivity contribution >= 4 is 11.4 Å². The number of phenolic OH excluding ortho intramolecular Hbond substituents is 1. The minimum Gasteiger partial charge on any atom is -0.502 e. The number of rotatable bonds is 4. The van der Waals surface area contributed by atoms with Crippen molar-refractivity contribution in [3.05, 3.63) is 50.6 Å². The summed E-state index contributed by atoms with van der Waals surface area (Å²) in [5, 5.41) is 30.7. The maximum Gasteiger partial charge on any atom is 0.387 e. The summed E-state index contributed by atoms with van der Waals surface area (Å²) < 4.78 is 0. The van der Waals surface area contributed by atoms with Crippen LogP contribution in [0, 0.1) is 20.2 Å². The smallest absolute Gasteiger partial charge is 0.387 e. The monoisotopic (exact) mass is 224 g/mol. The number of hydrogen-bond acceptors (Lipinski definition) is 5. The van der Waals surface area contributed by atoms with Crippen molar-refractivity contribution < 1.29 is 15.0 Å². The van der Waals surface area contributed by atoms with E-state index in [9.17, 15) is 25.3 Å². The Balaban J connectivity index is 3.47. The predicted octanol–water partition coefficient (Wildman–Crippen LogP) is 1.94. The van der Waals surface area contributed by atoms with Crippen molar-refractivity contribution in [1.82, 2.24) is 0 Å². The van der Waals surface area contributed by atoms with E-state index in [1.165, 1.54) is 12.1 Å². The third kappa shape index (κ3) is 1.97. The van der Waals surface area contributed by atoms with Crippen LogP contribution in [0.5, 0.6) is 5.75 Å². The first-order chi connectivity index (χ1) is 7.49. The second kappa shape index (κ2) is 4.39. The number of benzene rings is 1. The molecular weight excluding hydrogens is 216 g/mol. The van der Waals surface area contributed by atoms with E-state index in [1.54, 1.807) is 0 Å². The van der Waals surface area contributed by atoms with Crippen LogP contribution in [0.2, 0.25) is 0 Å². The molecule has 0 aliphatic heterocycles. The molecule has 7 heteroatoms. The lowest BCUT2D eigenvalue weighted by molar-refractivity contribution is -0.423. The van der Waals surface area contributed by atoms with Crippen LogP contribution < -0.4 is 0 Å². The van der Waals surface area contributed by atoms with E-state index in [0.717, 1.165) is 6.07 Å². The third-order valence-electron chi connectivity index (χ3n) is 1.96. The summed E-state index contributed by atoms with van der Waals surface area (Å²) in [7, 11) is 0. The quantitative estimate of drug-likeness (QED) is 0.477. The summed E-state index contributed by atoms with van der Waals surface area (Å²) >= 11 is 0. The summed E-state index contributed by atoms with van der Waals surface area (Å²) in [4.78, 5) is 19.3. The SMILES string of the molecule is C=CCc1ccc([N+](=O)[O-])c([N+](=O)[O-])c1O. The van der Waals surface area contributed by atoms with Gasteiger partial charge in [0.25, 0.3) is 0 Å². The number of nitrogens with zero attached hydrogens (tertiary/aromatic N) is 2. The zero-order valence-corrected chi connectivity index (χ0v) is 8.12. The number of nitro groups is 2. The van der Waals surface area contributed by atoms with Crippen LogP contribution in [0.15, 0.2) is 24.8 Å². The molecule has 0 radical (unpaired) electrons. The average Bonchev–Trinajstić information content (AvgIpc) is 2.20. The molecule has 0 aromatic heterocycles. The molecule has 84 valence electrons. The van der Waals surface area contributed by atoms with Crippen molar-refractivity contribution in [2.75, 3.05) is 0 Å². The number of hydrogen-bond donors (Lipinski definition) is 1. The molecule has 0 spiro atoms. The van der Waals surface area contributed by atoms with E-state index in [-0.39, 0.29) is 12.0 Å². The van der Waals surface area contributed by atoms with Gasteiger partial charge in [0.15, 0.2) is 0 Å². The highest BCUT2D eigenvalue weighted by molar-refractivity contribution is 5.64. The summed E-state index contributed by atoms with van der Waals surface area (Å²) in [6, 6.07) is 2.26. The first-order valence-electron chi connectivity index (χ1n) is 4.23. The first-order valence-corrected chi connectivity index (χ1v) is 4.23. The molecule has 7 nitrogen and oxygen atoms in total. The van der Waals surface area contributed by atoms with Crippen molar-refractivity contribution in [3.8, 4) is 5.75 Å². The molecule has 16 heavy (non-hydrogen) atoms. The molecule has 1 aromatic rings. The molecule has 0 fully saturated rings. The number of nitro benzene ring substituents is 2. The van der Waals surface area contributed by atoms with Crippen molar-refractivity contribution in [2.45, 2.75) is 6.42 Å². The molecule has 1 aromatic carbocycles. The third-order valence-corrected chi connectivity index (χ3v) is 1.96.